The second-order valence-electron chi connectivity index (χ2n) is 2.98. The molecule has 16 heavy (non-hydrogen) atoms. The van der Waals surface area contributed by atoms with Crippen molar-refractivity contribution in [1.82, 2.24) is 0 Å². The largest absolute Gasteiger partial charge is 0.496 e. The van der Waals surface area contributed by atoms with Crippen LogP contribution < -0.4 is 4.74 Å². The third kappa shape index (κ3) is 2.25. The SMILES string of the molecule is COc1c(CO)cc(C#N)cc1C(F)(F)F. The number of hydrogen-bond donors (Lipinski definition) is 1. The Morgan fingerprint density at radius 3 is 2.44 bits per heavy atom. The number of alkyl halides is 3. The third-order valence-corrected chi connectivity index (χ3v) is 1.97. The Labute approximate surface area is 89.7 Å². The van der Waals surface area contributed by atoms with Crippen molar-refractivity contribution in [2.45, 2.75) is 12.8 Å². The maximum absolute atomic E-state index is 12.6. The van der Waals surface area contributed by atoms with E-state index >= 15 is 0 Å². The number of rotatable bonds is 2. The summed E-state index contributed by atoms with van der Waals surface area (Å²) in [7, 11) is 1.08. The van der Waals surface area contributed by atoms with Crippen LogP contribution in [0.1, 0.15) is 16.7 Å². The summed E-state index contributed by atoms with van der Waals surface area (Å²) in [5.74, 6) is -0.450. The van der Waals surface area contributed by atoms with Crippen molar-refractivity contribution < 1.29 is 23.0 Å². The predicted octanol–water partition coefficient (Wildman–Crippen LogP) is 2.08. The first-order valence-corrected chi connectivity index (χ1v) is 4.23. The highest BCUT2D eigenvalue weighted by Crippen LogP contribution is 2.38. The van der Waals surface area contributed by atoms with Crippen molar-refractivity contribution in [3.63, 3.8) is 0 Å². The van der Waals surface area contributed by atoms with Crippen LogP contribution in [-0.2, 0) is 12.8 Å². The van der Waals surface area contributed by atoms with Crippen LogP contribution in [0.4, 0.5) is 13.2 Å². The molecule has 1 N–H and O–H groups in total. The van der Waals surface area contributed by atoms with Gasteiger partial charge in [-0.15, -0.1) is 0 Å². The van der Waals surface area contributed by atoms with E-state index in [0.717, 1.165) is 13.2 Å². The van der Waals surface area contributed by atoms with Crippen LogP contribution in [0, 0.1) is 11.3 Å². The minimum Gasteiger partial charge on any atom is -0.496 e. The topological polar surface area (TPSA) is 53.2 Å². The van der Waals surface area contributed by atoms with Gasteiger partial charge in [-0.25, -0.2) is 0 Å². The zero-order valence-corrected chi connectivity index (χ0v) is 8.30. The van der Waals surface area contributed by atoms with Crippen LogP contribution in [-0.4, -0.2) is 12.2 Å². The van der Waals surface area contributed by atoms with E-state index in [1.165, 1.54) is 0 Å². The van der Waals surface area contributed by atoms with Crippen LogP contribution in [0.2, 0.25) is 0 Å². The first kappa shape index (κ1) is 12.3. The molecule has 0 bridgehead atoms. The lowest BCUT2D eigenvalue weighted by molar-refractivity contribution is -0.138. The number of hydrogen-bond acceptors (Lipinski definition) is 3. The molecule has 3 nitrogen and oxygen atoms in total. The second kappa shape index (κ2) is 4.41. The van der Waals surface area contributed by atoms with Gasteiger partial charge in [0, 0.05) is 5.56 Å². The summed E-state index contributed by atoms with van der Waals surface area (Å²) in [5, 5.41) is 17.5. The van der Waals surface area contributed by atoms with Crippen molar-refractivity contribution in [2.75, 3.05) is 7.11 Å². The Kier molecular flexibility index (Phi) is 3.40. The van der Waals surface area contributed by atoms with E-state index < -0.39 is 24.1 Å². The van der Waals surface area contributed by atoms with Crippen LogP contribution in [0.15, 0.2) is 12.1 Å². The lowest BCUT2D eigenvalue weighted by atomic mass is 10.0. The minimum atomic E-state index is -4.62. The average Bonchev–Trinajstić information content (AvgIpc) is 2.25. The second-order valence-corrected chi connectivity index (χ2v) is 2.98. The Bertz CT molecular complexity index is 435. The van der Waals surface area contributed by atoms with E-state index in [2.05, 4.69) is 4.74 Å². The van der Waals surface area contributed by atoms with Gasteiger partial charge in [0.15, 0.2) is 0 Å². The Hall–Kier alpha value is -1.74. The van der Waals surface area contributed by atoms with Gasteiger partial charge >= 0.3 is 6.18 Å². The fourth-order valence-corrected chi connectivity index (χ4v) is 1.32. The molecular formula is C10H8F3NO2. The molecule has 0 aliphatic carbocycles. The van der Waals surface area contributed by atoms with Gasteiger partial charge in [-0.2, -0.15) is 18.4 Å². The minimum absolute atomic E-state index is 0.0612. The summed E-state index contributed by atoms with van der Waals surface area (Å²) in [6.07, 6.45) is -4.62. The molecule has 0 atom stereocenters. The molecule has 1 aromatic rings. The number of benzene rings is 1. The van der Waals surface area contributed by atoms with Gasteiger partial charge in [-0.3, -0.25) is 0 Å². The third-order valence-electron chi connectivity index (χ3n) is 1.97. The van der Waals surface area contributed by atoms with Gasteiger partial charge in [0.2, 0.25) is 0 Å². The van der Waals surface area contributed by atoms with Crippen LogP contribution >= 0.6 is 0 Å². The Morgan fingerprint density at radius 2 is 2.06 bits per heavy atom. The lowest BCUT2D eigenvalue weighted by Crippen LogP contribution is -2.10. The molecule has 86 valence electrons. The Morgan fingerprint density at radius 1 is 1.44 bits per heavy atom. The summed E-state index contributed by atoms with van der Waals surface area (Å²) < 4.78 is 42.4. The van der Waals surface area contributed by atoms with Gasteiger partial charge in [-0.05, 0) is 12.1 Å². The van der Waals surface area contributed by atoms with E-state index in [-0.39, 0.29) is 11.1 Å². The molecule has 0 aromatic heterocycles. The predicted molar refractivity (Wildman–Crippen MR) is 48.6 cm³/mol. The summed E-state index contributed by atoms with van der Waals surface area (Å²) >= 11 is 0. The molecule has 1 rings (SSSR count). The lowest BCUT2D eigenvalue weighted by Gasteiger charge is -2.15. The molecular weight excluding hydrogens is 223 g/mol. The number of nitriles is 1. The molecule has 0 saturated carbocycles. The summed E-state index contributed by atoms with van der Waals surface area (Å²) in [6, 6.07) is 3.45. The highest BCUT2D eigenvalue weighted by Gasteiger charge is 2.35. The van der Waals surface area contributed by atoms with E-state index in [9.17, 15) is 13.2 Å². The summed E-state index contributed by atoms with van der Waals surface area (Å²) in [6.45, 7) is -0.623. The molecule has 0 heterocycles. The molecule has 0 aliphatic heterocycles. The zero-order valence-electron chi connectivity index (χ0n) is 8.30. The van der Waals surface area contributed by atoms with Gasteiger partial charge in [0.05, 0.1) is 30.9 Å². The summed E-state index contributed by atoms with van der Waals surface area (Å²) in [5.41, 5.74) is -1.29. The Balaban J connectivity index is 3.51. The molecule has 0 fully saturated rings. The summed E-state index contributed by atoms with van der Waals surface area (Å²) in [4.78, 5) is 0. The van der Waals surface area contributed by atoms with E-state index in [1.54, 1.807) is 6.07 Å². The molecule has 1 aromatic carbocycles. The smallest absolute Gasteiger partial charge is 0.420 e. The number of methoxy groups -OCH3 is 1. The molecule has 0 unspecified atom stereocenters. The van der Waals surface area contributed by atoms with Gasteiger partial charge < -0.3 is 9.84 Å². The first-order valence-electron chi connectivity index (χ1n) is 4.23. The highest BCUT2D eigenvalue weighted by molar-refractivity contribution is 5.49. The van der Waals surface area contributed by atoms with Gasteiger partial charge in [-0.1, -0.05) is 0 Å². The monoisotopic (exact) mass is 231 g/mol. The van der Waals surface area contributed by atoms with Gasteiger partial charge in [0.1, 0.15) is 5.75 Å². The van der Waals surface area contributed by atoms with Crippen LogP contribution in [0.5, 0.6) is 5.75 Å². The number of ether oxygens (including phenoxy) is 1. The molecule has 0 amide bonds. The zero-order chi connectivity index (χ0) is 12.3. The normalized spacial score (nSPS) is 11.0. The first-order chi connectivity index (χ1) is 7.43. The van der Waals surface area contributed by atoms with Gasteiger partial charge in [0.25, 0.3) is 0 Å². The molecule has 0 radical (unpaired) electrons. The van der Waals surface area contributed by atoms with Crippen LogP contribution in [0.3, 0.4) is 0 Å². The number of aliphatic hydroxyl groups excluding tert-OH is 1. The van der Waals surface area contributed by atoms with Crippen LogP contribution in [0.25, 0.3) is 0 Å². The fourth-order valence-electron chi connectivity index (χ4n) is 1.32. The number of nitrogens with zero attached hydrogens (tertiary/aromatic N) is 1. The maximum Gasteiger partial charge on any atom is 0.420 e. The molecule has 0 saturated heterocycles. The maximum atomic E-state index is 12.6. The fraction of sp³-hybridized carbons (Fsp3) is 0.300. The van der Waals surface area contributed by atoms with E-state index in [1.807, 2.05) is 0 Å². The van der Waals surface area contributed by atoms with Crippen molar-refractivity contribution in [3.8, 4) is 11.8 Å². The standard InChI is InChI=1S/C10H8F3NO2/c1-16-9-7(5-15)2-6(4-14)3-8(9)10(11,12)13/h2-3,15H,5H2,1H3. The average molecular weight is 231 g/mol. The highest BCUT2D eigenvalue weighted by atomic mass is 19.4. The van der Waals surface area contributed by atoms with Crippen molar-refractivity contribution >= 4 is 0 Å². The van der Waals surface area contributed by atoms with Crippen molar-refractivity contribution in [1.29, 1.82) is 5.26 Å². The van der Waals surface area contributed by atoms with Crippen molar-refractivity contribution in [3.05, 3.63) is 28.8 Å². The van der Waals surface area contributed by atoms with E-state index in [0.29, 0.717) is 6.07 Å². The molecule has 0 aliphatic rings. The molecule has 6 heteroatoms. The number of halogens is 3. The quantitative estimate of drug-likeness (QED) is 0.847. The van der Waals surface area contributed by atoms with E-state index in [4.69, 9.17) is 10.4 Å². The molecule has 0 spiro atoms. The number of aliphatic hydroxyl groups is 1. The van der Waals surface area contributed by atoms with Crippen molar-refractivity contribution in [2.24, 2.45) is 0 Å².